The van der Waals surface area contributed by atoms with E-state index in [1.54, 1.807) is 19.1 Å². The summed E-state index contributed by atoms with van der Waals surface area (Å²) in [5, 5.41) is 2.15. The predicted molar refractivity (Wildman–Crippen MR) is 112 cm³/mol. The first-order valence-electron chi connectivity index (χ1n) is 9.04. The summed E-state index contributed by atoms with van der Waals surface area (Å²) in [6.45, 7) is 5.29. The Bertz CT molecular complexity index is 1200. The Morgan fingerprint density at radius 1 is 0.867 bits per heavy atom. The highest BCUT2D eigenvalue weighted by atomic mass is 32.2. The second-order valence-corrected chi connectivity index (χ2v) is 8.66. The Balaban J connectivity index is 1.93. The van der Waals surface area contributed by atoms with Crippen LogP contribution in [0.1, 0.15) is 27.0 Å². The molecule has 1 amide bonds. The number of hydrogen-bond acceptors (Lipinski definition) is 3. The molecule has 0 fully saturated rings. The summed E-state index contributed by atoms with van der Waals surface area (Å²) in [5.41, 5.74) is 1.95. The van der Waals surface area contributed by atoms with Crippen LogP contribution in [0.2, 0.25) is 0 Å². The summed E-state index contributed by atoms with van der Waals surface area (Å²) in [6, 6.07) is 12.5. The zero-order chi connectivity index (χ0) is 22.1. The van der Waals surface area contributed by atoms with Gasteiger partial charge in [-0.1, -0.05) is 18.2 Å². The topological polar surface area (TPSA) is 75.3 Å². The molecule has 156 valence electrons. The lowest BCUT2D eigenvalue weighted by Crippen LogP contribution is -2.18. The molecule has 0 aromatic heterocycles. The molecule has 5 nitrogen and oxygen atoms in total. The number of aryl methyl sites for hydroxylation is 3. The average Bonchev–Trinajstić information content (AvgIpc) is 2.63. The lowest BCUT2D eigenvalue weighted by Gasteiger charge is -2.13. The molecular formula is C22H20F2N2O3S. The molecule has 30 heavy (non-hydrogen) atoms. The van der Waals surface area contributed by atoms with Crippen LogP contribution in [-0.2, 0) is 10.0 Å². The van der Waals surface area contributed by atoms with E-state index in [1.165, 1.54) is 24.3 Å². The third-order valence-corrected chi connectivity index (χ3v) is 5.94. The van der Waals surface area contributed by atoms with Crippen molar-refractivity contribution in [2.75, 3.05) is 10.0 Å². The Hall–Kier alpha value is -3.26. The number of halogens is 2. The van der Waals surface area contributed by atoms with Gasteiger partial charge in [0.2, 0.25) is 0 Å². The second-order valence-electron chi connectivity index (χ2n) is 7.01. The van der Waals surface area contributed by atoms with Crippen molar-refractivity contribution in [1.29, 1.82) is 0 Å². The van der Waals surface area contributed by atoms with Gasteiger partial charge in [0, 0.05) is 11.3 Å². The highest BCUT2D eigenvalue weighted by Gasteiger charge is 2.21. The zero-order valence-corrected chi connectivity index (χ0v) is 17.4. The number of carbonyl (C=O) groups is 1. The van der Waals surface area contributed by atoms with E-state index in [0.717, 1.165) is 23.3 Å². The van der Waals surface area contributed by atoms with Gasteiger partial charge in [0.25, 0.3) is 15.9 Å². The first-order valence-corrected chi connectivity index (χ1v) is 10.5. The van der Waals surface area contributed by atoms with Gasteiger partial charge in [-0.05, 0) is 73.9 Å². The van der Waals surface area contributed by atoms with Crippen LogP contribution < -0.4 is 10.0 Å². The van der Waals surface area contributed by atoms with Gasteiger partial charge in [0.15, 0.2) is 0 Å². The summed E-state index contributed by atoms with van der Waals surface area (Å²) < 4.78 is 56.0. The number of hydrogen-bond donors (Lipinski definition) is 2. The number of amides is 1. The Morgan fingerprint density at radius 3 is 2.07 bits per heavy atom. The quantitative estimate of drug-likeness (QED) is 0.602. The molecule has 3 aromatic rings. The predicted octanol–water partition coefficient (Wildman–Crippen LogP) is 4.94. The maximum atomic E-state index is 13.8. The lowest BCUT2D eigenvalue weighted by molar-refractivity contribution is 0.102. The molecule has 0 aliphatic rings. The maximum Gasteiger partial charge on any atom is 0.262 e. The van der Waals surface area contributed by atoms with Crippen molar-refractivity contribution in [2.24, 2.45) is 0 Å². The second kappa shape index (κ2) is 8.23. The monoisotopic (exact) mass is 430 g/mol. The van der Waals surface area contributed by atoms with E-state index in [4.69, 9.17) is 0 Å². The number of carbonyl (C=O) groups excluding carboxylic acids is 1. The molecule has 3 aromatic carbocycles. The van der Waals surface area contributed by atoms with Gasteiger partial charge in [0.05, 0.1) is 4.90 Å². The van der Waals surface area contributed by atoms with Gasteiger partial charge in [-0.25, -0.2) is 17.2 Å². The molecule has 0 bridgehead atoms. The van der Waals surface area contributed by atoms with Crippen molar-refractivity contribution in [2.45, 2.75) is 25.7 Å². The highest BCUT2D eigenvalue weighted by Crippen LogP contribution is 2.24. The van der Waals surface area contributed by atoms with Gasteiger partial charge in [-0.3, -0.25) is 9.52 Å². The Morgan fingerprint density at radius 2 is 1.47 bits per heavy atom. The van der Waals surface area contributed by atoms with E-state index in [0.29, 0.717) is 11.3 Å². The normalized spacial score (nSPS) is 11.2. The molecule has 0 spiro atoms. The Kier molecular flexibility index (Phi) is 5.89. The molecule has 0 heterocycles. The van der Waals surface area contributed by atoms with Crippen LogP contribution in [0.3, 0.4) is 0 Å². The molecule has 0 saturated heterocycles. The van der Waals surface area contributed by atoms with E-state index in [2.05, 4.69) is 10.0 Å². The SMILES string of the molecule is Cc1cc(C)cc(NS(=O)(=O)c2cc(C(=O)Nc3c(F)cccc3F)ccc2C)c1. The van der Waals surface area contributed by atoms with Gasteiger partial charge >= 0.3 is 0 Å². The fraction of sp³-hybridized carbons (Fsp3) is 0.136. The molecule has 0 aliphatic heterocycles. The molecule has 0 radical (unpaired) electrons. The summed E-state index contributed by atoms with van der Waals surface area (Å²) in [4.78, 5) is 12.4. The fourth-order valence-electron chi connectivity index (χ4n) is 3.08. The van der Waals surface area contributed by atoms with Crippen LogP contribution in [0, 0.1) is 32.4 Å². The van der Waals surface area contributed by atoms with Gasteiger partial charge in [-0.2, -0.15) is 0 Å². The van der Waals surface area contributed by atoms with Gasteiger partial charge in [0.1, 0.15) is 17.3 Å². The van der Waals surface area contributed by atoms with E-state index >= 15 is 0 Å². The van der Waals surface area contributed by atoms with Crippen molar-refractivity contribution >= 4 is 27.3 Å². The molecule has 0 aliphatic carbocycles. The van der Waals surface area contributed by atoms with Crippen LogP contribution in [-0.4, -0.2) is 14.3 Å². The largest absolute Gasteiger partial charge is 0.317 e. The Labute approximate surface area is 173 Å². The number of sulfonamides is 1. The summed E-state index contributed by atoms with van der Waals surface area (Å²) in [7, 11) is -4.00. The number of benzene rings is 3. The molecule has 8 heteroatoms. The van der Waals surface area contributed by atoms with Gasteiger partial charge in [-0.15, -0.1) is 0 Å². The molecule has 0 unspecified atom stereocenters. The van der Waals surface area contributed by atoms with E-state index in [1.807, 2.05) is 19.9 Å². The number of nitrogens with one attached hydrogen (secondary N) is 2. The maximum absolute atomic E-state index is 13.8. The average molecular weight is 430 g/mol. The van der Waals surface area contributed by atoms with Crippen LogP contribution in [0.5, 0.6) is 0 Å². The molecule has 0 saturated carbocycles. The summed E-state index contributed by atoms with van der Waals surface area (Å²) in [5.74, 6) is -2.69. The fourth-order valence-corrected chi connectivity index (χ4v) is 4.39. The first kappa shape index (κ1) is 21.4. The number of para-hydroxylation sites is 1. The highest BCUT2D eigenvalue weighted by molar-refractivity contribution is 7.92. The van der Waals surface area contributed by atoms with Crippen molar-refractivity contribution in [1.82, 2.24) is 0 Å². The minimum absolute atomic E-state index is 0.0518. The van der Waals surface area contributed by atoms with Crippen molar-refractivity contribution in [3.63, 3.8) is 0 Å². The third kappa shape index (κ3) is 4.65. The van der Waals surface area contributed by atoms with E-state index < -0.39 is 33.3 Å². The summed E-state index contributed by atoms with van der Waals surface area (Å²) in [6.07, 6.45) is 0. The minimum Gasteiger partial charge on any atom is -0.317 e. The molecule has 2 N–H and O–H groups in total. The van der Waals surface area contributed by atoms with Crippen LogP contribution >= 0.6 is 0 Å². The van der Waals surface area contributed by atoms with Crippen molar-refractivity contribution in [3.8, 4) is 0 Å². The van der Waals surface area contributed by atoms with Crippen LogP contribution in [0.15, 0.2) is 59.5 Å². The first-order chi connectivity index (χ1) is 14.1. The number of anilines is 2. The van der Waals surface area contributed by atoms with Gasteiger partial charge < -0.3 is 5.32 Å². The van der Waals surface area contributed by atoms with Crippen molar-refractivity contribution < 1.29 is 22.0 Å². The van der Waals surface area contributed by atoms with Crippen molar-refractivity contribution in [3.05, 3.63) is 88.5 Å². The summed E-state index contributed by atoms with van der Waals surface area (Å²) >= 11 is 0. The van der Waals surface area contributed by atoms with E-state index in [9.17, 15) is 22.0 Å². The smallest absolute Gasteiger partial charge is 0.262 e. The lowest BCUT2D eigenvalue weighted by atomic mass is 10.1. The molecule has 3 rings (SSSR count). The zero-order valence-electron chi connectivity index (χ0n) is 16.6. The molecular weight excluding hydrogens is 410 g/mol. The van der Waals surface area contributed by atoms with E-state index in [-0.39, 0.29) is 10.5 Å². The van der Waals surface area contributed by atoms with Crippen LogP contribution in [0.25, 0.3) is 0 Å². The third-order valence-electron chi connectivity index (χ3n) is 4.42. The minimum atomic E-state index is -4.00. The number of rotatable bonds is 5. The molecule has 0 atom stereocenters. The standard InChI is InChI=1S/C22H20F2N2O3S/c1-13-9-14(2)11-17(10-13)26-30(28,29)20-12-16(8-7-15(20)3)22(27)25-21-18(23)5-4-6-19(21)24/h4-12,26H,1-3H3,(H,25,27). The van der Waals surface area contributed by atoms with Crippen LogP contribution in [0.4, 0.5) is 20.2 Å².